The third-order valence-electron chi connectivity index (χ3n) is 3.18. The Morgan fingerprint density at radius 3 is 2.48 bits per heavy atom. The molecule has 0 aliphatic carbocycles. The summed E-state index contributed by atoms with van der Waals surface area (Å²) in [7, 11) is -3.93. The standard InChI is InChI=1S/C14H16FNO4S/c1-8-6-11(15)4-5-13(8)16-21(18,19)14-10(3)20-9(2)12(14)7-17/h4-6,16-17H,7H2,1-3H3. The number of nitrogens with one attached hydrogen (secondary N) is 1. The zero-order valence-corrected chi connectivity index (χ0v) is 12.7. The van der Waals surface area contributed by atoms with Crippen LogP contribution in [0.1, 0.15) is 22.6 Å². The van der Waals surface area contributed by atoms with Crippen LogP contribution in [0.4, 0.5) is 10.1 Å². The van der Waals surface area contributed by atoms with Crippen molar-refractivity contribution in [3.05, 3.63) is 46.7 Å². The summed E-state index contributed by atoms with van der Waals surface area (Å²) < 4.78 is 45.7. The molecule has 21 heavy (non-hydrogen) atoms. The second kappa shape index (κ2) is 5.50. The Hall–Kier alpha value is -1.86. The van der Waals surface area contributed by atoms with Gasteiger partial charge in [0.1, 0.15) is 22.2 Å². The van der Waals surface area contributed by atoms with Gasteiger partial charge in [-0.15, -0.1) is 0 Å². The number of hydrogen-bond donors (Lipinski definition) is 2. The van der Waals surface area contributed by atoms with Gasteiger partial charge in [-0.05, 0) is 44.5 Å². The van der Waals surface area contributed by atoms with Crippen LogP contribution in [0, 0.1) is 26.6 Å². The van der Waals surface area contributed by atoms with E-state index in [0.717, 1.165) is 0 Å². The number of aliphatic hydroxyl groups excluding tert-OH is 1. The number of aliphatic hydroxyl groups is 1. The first-order valence-corrected chi connectivity index (χ1v) is 7.73. The molecule has 0 saturated carbocycles. The highest BCUT2D eigenvalue weighted by Crippen LogP contribution is 2.29. The van der Waals surface area contributed by atoms with Crippen molar-refractivity contribution in [1.29, 1.82) is 0 Å². The zero-order chi connectivity index (χ0) is 15.8. The Bertz CT molecular complexity index is 781. The quantitative estimate of drug-likeness (QED) is 0.909. The van der Waals surface area contributed by atoms with Crippen LogP contribution in [0.5, 0.6) is 0 Å². The Morgan fingerprint density at radius 2 is 1.90 bits per heavy atom. The van der Waals surface area contributed by atoms with Gasteiger partial charge < -0.3 is 9.52 Å². The molecule has 1 heterocycles. The first-order chi connectivity index (χ1) is 9.76. The highest BCUT2D eigenvalue weighted by atomic mass is 32.2. The van der Waals surface area contributed by atoms with Gasteiger partial charge in [0.05, 0.1) is 12.3 Å². The molecule has 0 unspecified atom stereocenters. The Kier molecular flexibility index (Phi) is 4.06. The number of sulfonamides is 1. The minimum Gasteiger partial charge on any atom is -0.465 e. The van der Waals surface area contributed by atoms with E-state index in [1.54, 1.807) is 13.8 Å². The minimum atomic E-state index is -3.93. The molecule has 2 aromatic rings. The number of furan rings is 1. The summed E-state index contributed by atoms with van der Waals surface area (Å²) in [4.78, 5) is -0.0776. The average Bonchev–Trinajstić information content (AvgIpc) is 2.67. The number of halogens is 1. The van der Waals surface area contributed by atoms with Crippen LogP contribution >= 0.6 is 0 Å². The normalized spacial score (nSPS) is 11.7. The molecule has 1 aromatic carbocycles. The van der Waals surface area contributed by atoms with E-state index >= 15 is 0 Å². The molecule has 114 valence electrons. The second-order valence-electron chi connectivity index (χ2n) is 4.74. The number of rotatable bonds is 4. The van der Waals surface area contributed by atoms with E-state index in [9.17, 15) is 17.9 Å². The van der Waals surface area contributed by atoms with Gasteiger partial charge in [-0.1, -0.05) is 0 Å². The van der Waals surface area contributed by atoms with E-state index < -0.39 is 22.4 Å². The molecule has 0 aliphatic heterocycles. The molecular weight excluding hydrogens is 297 g/mol. The molecule has 0 amide bonds. The lowest BCUT2D eigenvalue weighted by molar-refractivity contribution is 0.276. The monoisotopic (exact) mass is 313 g/mol. The van der Waals surface area contributed by atoms with Crippen molar-refractivity contribution in [2.45, 2.75) is 32.3 Å². The van der Waals surface area contributed by atoms with E-state index in [1.165, 1.54) is 25.1 Å². The van der Waals surface area contributed by atoms with Crippen LogP contribution in [-0.4, -0.2) is 13.5 Å². The summed E-state index contributed by atoms with van der Waals surface area (Å²) in [6.45, 7) is 4.25. The van der Waals surface area contributed by atoms with Crippen molar-refractivity contribution >= 4 is 15.7 Å². The van der Waals surface area contributed by atoms with Crippen molar-refractivity contribution < 1.29 is 22.3 Å². The molecule has 7 heteroatoms. The number of anilines is 1. The fourth-order valence-electron chi connectivity index (χ4n) is 2.18. The maximum atomic E-state index is 13.1. The molecule has 0 saturated heterocycles. The van der Waals surface area contributed by atoms with Crippen LogP contribution in [0.25, 0.3) is 0 Å². The number of hydrogen-bond acceptors (Lipinski definition) is 4. The SMILES string of the molecule is Cc1cc(F)ccc1NS(=O)(=O)c1c(C)oc(C)c1CO. The summed E-state index contributed by atoms with van der Waals surface area (Å²) in [5, 5.41) is 9.33. The third-order valence-corrected chi connectivity index (χ3v) is 4.74. The minimum absolute atomic E-state index is 0.0776. The first kappa shape index (κ1) is 15.5. The van der Waals surface area contributed by atoms with Crippen LogP contribution in [0.2, 0.25) is 0 Å². The van der Waals surface area contributed by atoms with Crippen LogP contribution in [-0.2, 0) is 16.6 Å². The molecule has 0 bridgehead atoms. The largest absolute Gasteiger partial charge is 0.465 e. The highest BCUT2D eigenvalue weighted by Gasteiger charge is 2.27. The predicted octanol–water partition coefficient (Wildman–Crippen LogP) is 2.64. The van der Waals surface area contributed by atoms with E-state index in [-0.39, 0.29) is 21.9 Å². The fraction of sp³-hybridized carbons (Fsp3) is 0.286. The van der Waals surface area contributed by atoms with Gasteiger partial charge in [-0.3, -0.25) is 4.72 Å². The lowest BCUT2D eigenvalue weighted by Crippen LogP contribution is -2.16. The Labute approximate surface area is 122 Å². The summed E-state index contributed by atoms with van der Waals surface area (Å²) >= 11 is 0. The molecule has 0 atom stereocenters. The average molecular weight is 313 g/mol. The zero-order valence-electron chi connectivity index (χ0n) is 11.9. The number of aryl methyl sites for hydroxylation is 3. The Balaban J connectivity index is 2.48. The maximum Gasteiger partial charge on any atom is 0.265 e. The van der Waals surface area contributed by atoms with Gasteiger partial charge in [-0.2, -0.15) is 0 Å². The molecule has 1 aromatic heterocycles. The van der Waals surface area contributed by atoms with Gasteiger partial charge in [-0.25, -0.2) is 12.8 Å². The number of benzene rings is 1. The molecule has 0 spiro atoms. The third kappa shape index (κ3) is 2.93. The van der Waals surface area contributed by atoms with Crippen molar-refractivity contribution in [2.75, 3.05) is 4.72 Å². The van der Waals surface area contributed by atoms with Crippen LogP contribution in [0.15, 0.2) is 27.5 Å². The van der Waals surface area contributed by atoms with E-state index in [1.807, 2.05) is 0 Å². The molecule has 5 nitrogen and oxygen atoms in total. The molecule has 0 fully saturated rings. The molecule has 2 rings (SSSR count). The molecule has 2 N–H and O–H groups in total. The van der Waals surface area contributed by atoms with Gasteiger partial charge in [0, 0.05) is 5.56 Å². The first-order valence-electron chi connectivity index (χ1n) is 6.25. The van der Waals surface area contributed by atoms with Crippen LogP contribution in [0.3, 0.4) is 0 Å². The van der Waals surface area contributed by atoms with Gasteiger partial charge in [0.2, 0.25) is 0 Å². The summed E-state index contributed by atoms with van der Waals surface area (Å²) in [6.07, 6.45) is 0. The van der Waals surface area contributed by atoms with Gasteiger partial charge in [0.25, 0.3) is 10.0 Å². The fourth-order valence-corrected chi connectivity index (χ4v) is 3.76. The second-order valence-corrected chi connectivity index (χ2v) is 6.36. The summed E-state index contributed by atoms with van der Waals surface area (Å²) in [6, 6.07) is 3.76. The predicted molar refractivity (Wildman–Crippen MR) is 76.1 cm³/mol. The Morgan fingerprint density at radius 1 is 1.24 bits per heavy atom. The van der Waals surface area contributed by atoms with Gasteiger partial charge >= 0.3 is 0 Å². The van der Waals surface area contributed by atoms with E-state index in [0.29, 0.717) is 11.3 Å². The maximum absolute atomic E-state index is 13.1. The van der Waals surface area contributed by atoms with Crippen molar-refractivity contribution in [2.24, 2.45) is 0 Å². The van der Waals surface area contributed by atoms with E-state index in [4.69, 9.17) is 4.42 Å². The lowest BCUT2D eigenvalue weighted by atomic mass is 10.2. The smallest absolute Gasteiger partial charge is 0.265 e. The molecule has 0 radical (unpaired) electrons. The topological polar surface area (TPSA) is 79.5 Å². The molecular formula is C14H16FNO4S. The highest BCUT2D eigenvalue weighted by molar-refractivity contribution is 7.92. The van der Waals surface area contributed by atoms with Crippen molar-refractivity contribution in [3.8, 4) is 0 Å². The van der Waals surface area contributed by atoms with Crippen LogP contribution < -0.4 is 4.72 Å². The summed E-state index contributed by atoms with van der Waals surface area (Å²) in [5.74, 6) is 0.108. The van der Waals surface area contributed by atoms with Crippen molar-refractivity contribution in [3.63, 3.8) is 0 Å². The lowest BCUT2D eigenvalue weighted by Gasteiger charge is -2.11. The van der Waals surface area contributed by atoms with E-state index in [2.05, 4.69) is 4.72 Å². The summed E-state index contributed by atoms with van der Waals surface area (Å²) in [5.41, 5.74) is 0.959. The van der Waals surface area contributed by atoms with Crippen molar-refractivity contribution in [1.82, 2.24) is 0 Å². The molecule has 0 aliphatic rings. The van der Waals surface area contributed by atoms with Gasteiger partial charge in [0.15, 0.2) is 0 Å².